The van der Waals surface area contributed by atoms with Crippen LogP contribution in [0.15, 0.2) is 42.5 Å². The Morgan fingerprint density at radius 2 is 1.81 bits per heavy atom. The molecule has 27 heavy (non-hydrogen) atoms. The summed E-state index contributed by atoms with van der Waals surface area (Å²) >= 11 is 5.68. The normalized spacial score (nSPS) is 10.2. The second-order valence-corrected chi connectivity index (χ2v) is 6.05. The molecule has 0 saturated heterocycles. The molecule has 0 spiro atoms. The minimum Gasteiger partial charge on any atom is -0.497 e. The molecule has 2 aromatic carbocycles. The maximum atomic E-state index is 13.2. The SMILES string of the molecule is COc1ccc(OCCN(CC(=O)Nc2ccc(F)c(Cl)c2)C(C)=O)cc1. The molecule has 0 radical (unpaired) electrons. The summed E-state index contributed by atoms with van der Waals surface area (Å²) in [7, 11) is 1.57. The van der Waals surface area contributed by atoms with E-state index in [0.29, 0.717) is 17.2 Å². The molecule has 8 heteroatoms. The lowest BCUT2D eigenvalue weighted by Crippen LogP contribution is -2.39. The Bertz CT molecular complexity index is 799. The molecule has 0 heterocycles. The predicted octanol–water partition coefficient (Wildman–Crippen LogP) is 3.35. The standard InChI is InChI=1S/C19H20ClFN2O4/c1-13(24)23(9-10-27-16-6-4-15(26-2)5-7-16)12-19(25)22-14-3-8-18(21)17(20)11-14/h3-8,11H,9-10,12H2,1-2H3,(H,22,25). The van der Waals surface area contributed by atoms with Crippen molar-refractivity contribution in [2.75, 3.05) is 32.1 Å². The smallest absolute Gasteiger partial charge is 0.243 e. The van der Waals surface area contributed by atoms with Crippen molar-refractivity contribution >= 4 is 29.1 Å². The summed E-state index contributed by atoms with van der Waals surface area (Å²) in [5, 5.41) is 2.48. The zero-order valence-electron chi connectivity index (χ0n) is 15.0. The van der Waals surface area contributed by atoms with E-state index in [4.69, 9.17) is 21.1 Å². The lowest BCUT2D eigenvalue weighted by molar-refractivity contribution is -0.133. The van der Waals surface area contributed by atoms with E-state index in [1.54, 1.807) is 31.4 Å². The zero-order valence-corrected chi connectivity index (χ0v) is 15.8. The molecule has 0 aliphatic heterocycles. The van der Waals surface area contributed by atoms with Gasteiger partial charge in [-0.05, 0) is 42.5 Å². The fourth-order valence-electron chi connectivity index (χ4n) is 2.24. The van der Waals surface area contributed by atoms with Crippen LogP contribution in [0.2, 0.25) is 5.02 Å². The van der Waals surface area contributed by atoms with Gasteiger partial charge in [-0.25, -0.2) is 4.39 Å². The van der Waals surface area contributed by atoms with Crippen LogP contribution in [0, 0.1) is 5.82 Å². The number of hydrogen-bond acceptors (Lipinski definition) is 4. The molecule has 0 bridgehead atoms. The van der Waals surface area contributed by atoms with Gasteiger partial charge in [0.2, 0.25) is 11.8 Å². The van der Waals surface area contributed by atoms with E-state index in [-0.39, 0.29) is 30.6 Å². The number of carbonyl (C=O) groups is 2. The molecule has 6 nitrogen and oxygen atoms in total. The van der Waals surface area contributed by atoms with E-state index in [9.17, 15) is 14.0 Å². The van der Waals surface area contributed by atoms with Gasteiger partial charge in [-0.15, -0.1) is 0 Å². The van der Waals surface area contributed by atoms with Crippen LogP contribution in [0.5, 0.6) is 11.5 Å². The first kappa shape index (κ1) is 20.5. The van der Waals surface area contributed by atoms with Gasteiger partial charge in [-0.1, -0.05) is 11.6 Å². The molecule has 0 saturated carbocycles. The van der Waals surface area contributed by atoms with E-state index >= 15 is 0 Å². The summed E-state index contributed by atoms with van der Waals surface area (Å²) in [4.78, 5) is 25.2. The van der Waals surface area contributed by atoms with Crippen molar-refractivity contribution in [1.29, 1.82) is 0 Å². The summed E-state index contributed by atoms with van der Waals surface area (Å²) in [6.45, 7) is 1.67. The average molecular weight is 395 g/mol. The molecule has 144 valence electrons. The number of hydrogen-bond donors (Lipinski definition) is 1. The Morgan fingerprint density at radius 3 is 2.41 bits per heavy atom. The van der Waals surface area contributed by atoms with E-state index in [0.717, 1.165) is 6.07 Å². The molecule has 0 atom stereocenters. The molecular formula is C19H20ClFN2O4. The highest BCUT2D eigenvalue weighted by Gasteiger charge is 2.14. The molecule has 0 aliphatic carbocycles. The fraction of sp³-hybridized carbons (Fsp3) is 0.263. The van der Waals surface area contributed by atoms with E-state index < -0.39 is 11.7 Å². The Kier molecular flexibility index (Phi) is 7.43. The molecule has 2 rings (SSSR count). The first-order chi connectivity index (χ1) is 12.9. The van der Waals surface area contributed by atoms with Crippen LogP contribution in [0.3, 0.4) is 0 Å². The number of benzene rings is 2. The summed E-state index contributed by atoms with van der Waals surface area (Å²) in [5.74, 6) is 0.0867. The minimum absolute atomic E-state index is 0.0934. The summed E-state index contributed by atoms with van der Waals surface area (Å²) in [5.41, 5.74) is 0.351. The Balaban J connectivity index is 1.85. The second kappa shape index (κ2) is 9.78. The number of rotatable bonds is 8. The maximum Gasteiger partial charge on any atom is 0.243 e. The van der Waals surface area contributed by atoms with E-state index in [1.807, 2.05) is 0 Å². The third-order valence-electron chi connectivity index (χ3n) is 3.67. The first-order valence-electron chi connectivity index (χ1n) is 8.16. The van der Waals surface area contributed by atoms with Gasteiger partial charge >= 0.3 is 0 Å². The monoisotopic (exact) mass is 394 g/mol. The van der Waals surface area contributed by atoms with Gasteiger partial charge in [0.1, 0.15) is 23.9 Å². The molecule has 0 unspecified atom stereocenters. The van der Waals surface area contributed by atoms with Gasteiger partial charge in [0.05, 0.1) is 25.2 Å². The number of carbonyl (C=O) groups excluding carboxylic acids is 2. The number of anilines is 1. The summed E-state index contributed by atoms with van der Waals surface area (Å²) in [6.07, 6.45) is 0. The molecule has 1 N–H and O–H groups in total. The quantitative estimate of drug-likeness (QED) is 0.745. The predicted molar refractivity (Wildman–Crippen MR) is 101 cm³/mol. The highest BCUT2D eigenvalue weighted by molar-refractivity contribution is 6.31. The molecule has 0 aliphatic rings. The Morgan fingerprint density at radius 1 is 1.15 bits per heavy atom. The largest absolute Gasteiger partial charge is 0.497 e. The van der Waals surface area contributed by atoms with Gasteiger partial charge < -0.3 is 19.7 Å². The maximum absolute atomic E-state index is 13.2. The third kappa shape index (κ3) is 6.45. The lowest BCUT2D eigenvalue weighted by Gasteiger charge is -2.20. The minimum atomic E-state index is -0.573. The highest BCUT2D eigenvalue weighted by atomic mass is 35.5. The zero-order chi connectivity index (χ0) is 19.8. The average Bonchev–Trinajstić information content (AvgIpc) is 2.64. The molecule has 0 aromatic heterocycles. The number of amides is 2. The van der Waals surface area contributed by atoms with E-state index in [2.05, 4.69) is 5.32 Å². The third-order valence-corrected chi connectivity index (χ3v) is 3.96. The van der Waals surface area contributed by atoms with Crippen LogP contribution in [0.1, 0.15) is 6.92 Å². The van der Waals surface area contributed by atoms with Crippen LogP contribution in [0.25, 0.3) is 0 Å². The molecule has 0 fully saturated rings. The van der Waals surface area contributed by atoms with Crippen LogP contribution in [0.4, 0.5) is 10.1 Å². The van der Waals surface area contributed by atoms with Crippen molar-refractivity contribution in [2.24, 2.45) is 0 Å². The number of nitrogens with one attached hydrogen (secondary N) is 1. The van der Waals surface area contributed by atoms with Crippen molar-refractivity contribution < 1.29 is 23.5 Å². The number of ether oxygens (including phenoxy) is 2. The van der Waals surface area contributed by atoms with Gasteiger partial charge in [0.15, 0.2) is 0 Å². The van der Waals surface area contributed by atoms with Crippen molar-refractivity contribution in [3.63, 3.8) is 0 Å². The topological polar surface area (TPSA) is 67.9 Å². The number of nitrogens with zero attached hydrogens (tertiary/aromatic N) is 1. The van der Waals surface area contributed by atoms with Crippen LogP contribution in [-0.4, -0.2) is 43.5 Å². The van der Waals surface area contributed by atoms with Gasteiger partial charge in [-0.2, -0.15) is 0 Å². The Labute approximate surface area is 161 Å². The van der Waals surface area contributed by atoms with Gasteiger partial charge in [0, 0.05) is 12.6 Å². The van der Waals surface area contributed by atoms with Gasteiger partial charge in [-0.3, -0.25) is 9.59 Å². The number of halogens is 2. The fourth-order valence-corrected chi connectivity index (χ4v) is 2.42. The highest BCUT2D eigenvalue weighted by Crippen LogP contribution is 2.19. The summed E-state index contributed by atoms with van der Waals surface area (Å²) < 4.78 is 23.8. The molecular weight excluding hydrogens is 375 g/mol. The number of methoxy groups -OCH3 is 1. The van der Waals surface area contributed by atoms with Crippen LogP contribution in [-0.2, 0) is 9.59 Å². The van der Waals surface area contributed by atoms with Crippen LogP contribution >= 0.6 is 11.6 Å². The second-order valence-electron chi connectivity index (χ2n) is 5.64. The van der Waals surface area contributed by atoms with Gasteiger partial charge in [0.25, 0.3) is 0 Å². The van der Waals surface area contributed by atoms with Crippen LogP contribution < -0.4 is 14.8 Å². The Hall–Kier alpha value is -2.80. The first-order valence-corrected chi connectivity index (χ1v) is 8.54. The van der Waals surface area contributed by atoms with E-state index in [1.165, 1.54) is 24.0 Å². The summed E-state index contributed by atoms with van der Waals surface area (Å²) in [6, 6.07) is 10.9. The molecule has 2 amide bonds. The lowest BCUT2D eigenvalue weighted by atomic mass is 10.3. The molecule has 2 aromatic rings. The van der Waals surface area contributed by atoms with Crippen molar-refractivity contribution in [3.8, 4) is 11.5 Å². The van der Waals surface area contributed by atoms with Crippen molar-refractivity contribution in [1.82, 2.24) is 4.90 Å². The van der Waals surface area contributed by atoms with Crippen molar-refractivity contribution in [3.05, 3.63) is 53.3 Å². The van der Waals surface area contributed by atoms with Crippen molar-refractivity contribution in [2.45, 2.75) is 6.92 Å².